The zero-order valence-corrected chi connectivity index (χ0v) is 9.95. The Hall–Kier alpha value is -2.64. The molecule has 2 aromatic rings. The highest BCUT2D eigenvalue weighted by Gasteiger charge is 1.88. The van der Waals surface area contributed by atoms with E-state index >= 15 is 0 Å². The number of nitrogens with two attached hydrogens (primary N) is 1. The number of rotatable bonds is 0. The molecule has 0 aliphatic heterocycles. The Morgan fingerprint density at radius 2 is 1.72 bits per heavy atom. The molecule has 0 aliphatic carbocycles. The predicted molar refractivity (Wildman–Crippen MR) is 66.2 cm³/mol. The second-order valence-corrected chi connectivity index (χ2v) is 3.47. The Bertz CT molecular complexity index is 697. The molecular formula is C10H13N5O3. The third-order valence-corrected chi connectivity index (χ3v) is 2.00. The molecule has 8 heteroatoms. The molecule has 0 amide bonds. The molecule has 0 bridgehead atoms. The van der Waals surface area contributed by atoms with Crippen molar-refractivity contribution in [3.63, 3.8) is 0 Å². The van der Waals surface area contributed by atoms with Crippen molar-refractivity contribution in [1.82, 2.24) is 19.1 Å². The molecule has 8 nitrogen and oxygen atoms in total. The smallest absolute Gasteiger partial charge is 0.349 e. The first-order valence-electron chi connectivity index (χ1n) is 4.95. The molecule has 2 aromatic heterocycles. The number of nitrogens with one attached hydrogen (secondary N) is 1. The van der Waals surface area contributed by atoms with Crippen LogP contribution in [0, 0.1) is 0 Å². The molecule has 0 saturated carbocycles. The second kappa shape index (κ2) is 5.62. The van der Waals surface area contributed by atoms with Gasteiger partial charge in [0.25, 0.3) is 5.56 Å². The molecule has 96 valence electrons. The third kappa shape index (κ3) is 3.74. The minimum Gasteiger partial charge on any atom is -0.383 e. The van der Waals surface area contributed by atoms with E-state index in [0.29, 0.717) is 0 Å². The van der Waals surface area contributed by atoms with E-state index in [9.17, 15) is 14.4 Å². The molecular weight excluding hydrogens is 238 g/mol. The normalized spacial score (nSPS) is 9.44. The van der Waals surface area contributed by atoms with Crippen LogP contribution in [0.1, 0.15) is 0 Å². The summed E-state index contributed by atoms with van der Waals surface area (Å²) in [6, 6.07) is 2.86. The van der Waals surface area contributed by atoms with Gasteiger partial charge in [-0.15, -0.1) is 0 Å². The van der Waals surface area contributed by atoms with Gasteiger partial charge in [0.2, 0.25) is 0 Å². The Morgan fingerprint density at radius 1 is 1.11 bits per heavy atom. The van der Waals surface area contributed by atoms with Gasteiger partial charge >= 0.3 is 11.4 Å². The van der Waals surface area contributed by atoms with Gasteiger partial charge in [0.05, 0.1) is 0 Å². The zero-order chi connectivity index (χ0) is 13.7. The van der Waals surface area contributed by atoms with Gasteiger partial charge in [-0.05, 0) is 6.07 Å². The van der Waals surface area contributed by atoms with Crippen molar-refractivity contribution in [2.45, 2.75) is 0 Å². The van der Waals surface area contributed by atoms with Crippen LogP contribution in [0.5, 0.6) is 0 Å². The minimum atomic E-state index is -0.387. The second-order valence-electron chi connectivity index (χ2n) is 3.47. The van der Waals surface area contributed by atoms with Crippen LogP contribution in [0.15, 0.2) is 38.9 Å². The summed E-state index contributed by atoms with van der Waals surface area (Å²) in [6.45, 7) is 0. The number of aromatic nitrogens is 4. The molecule has 0 fully saturated rings. The summed E-state index contributed by atoms with van der Waals surface area (Å²) in [5.74, 6) is 0.262. The summed E-state index contributed by atoms with van der Waals surface area (Å²) in [5, 5.41) is 0. The zero-order valence-electron chi connectivity index (χ0n) is 9.95. The maximum atomic E-state index is 10.6. The number of nitrogen functional groups attached to an aromatic ring is 1. The summed E-state index contributed by atoms with van der Waals surface area (Å²) in [4.78, 5) is 37.1. The van der Waals surface area contributed by atoms with Crippen molar-refractivity contribution in [2.75, 3.05) is 5.73 Å². The fourth-order valence-electron chi connectivity index (χ4n) is 0.961. The lowest BCUT2D eigenvalue weighted by molar-refractivity contribution is 0.799. The number of aromatic amines is 1. The van der Waals surface area contributed by atoms with E-state index in [-0.39, 0.29) is 22.8 Å². The Balaban J connectivity index is 0.000000180. The van der Waals surface area contributed by atoms with E-state index in [4.69, 9.17) is 5.73 Å². The van der Waals surface area contributed by atoms with Gasteiger partial charge in [-0.3, -0.25) is 9.78 Å². The van der Waals surface area contributed by atoms with Crippen molar-refractivity contribution in [1.29, 1.82) is 0 Å². The monoisotopic (exact) mass is 251 g/mol. The van der Waals surface area contributed by atoms with E-state index in [1.54, 1.807) is 26.4 Å². The number of aryl methyl sites for hydroxylation is 2. The van der Waals surface area contributed by atoms with Crippen LogP contribution in [-0.4, -0.2) is 19.1 Å². The van der Waals surface area contributed by atoms with Gasteiger partial charge in [-0.25, -0.2) is 9.59 Å². The average Bonchev–Trinajstić information content (AvgIpc) is 2.30. The largest absolute Gasteiger partial charge is 0.383 e. The Labute approximate surface area is 101 Å². The fraction of sp³-hybridized carbons (Fsp3) is 0.200. The molecule has 0 aromatic carbocycles. The maximum absolute atomic E-state index is 10.6. The van der Waals surface area contributed by atoms with Crippen LogP contribution in [0.3, 0.4) is 0 Å². The fourth-order valence-corrected chi connectivity index (χ4v) is 0.961. The van der Waals surface area contributed by atoms with Gasteiger partial charge in [-0.1, -0.05) is 0 Å². The molecule has 0 radical (unpaired) electrons. The molecule has 0 spiro atoms. The lowest BCUT2D eigenvalue weighted by Crippen LogP contribution is -2.26. The molecule has 3 N–H and O–H groups in total. The maximum Gasteiger partial charge on any atom is 0.349 e. The molecule has 18 heavy (non-hydrogen) atoms. The quantitative estimate of drug-likeness (QED) is 0.587. The first kappa shape index (κ1) is 13.4. The standard InChI is InChI=1S/C5H7N3O.C5H6N2O2/c1-8-3-2-4(6)7-5(8)9;1-7-3-2-4(8)6-5(7)9/h2-3H,1H3,(H2,6,7,9);2-3H,1H3,(H,6,8,9). The highest BCUT2D eigenvalue weighted by Crippen LogP contribution is 1.85. The third-order valence-electron chi connectivity index (χ3n) is 2.00. The van der Waals surface area contributed by atoms with Crippen LogP contribution in [0.25, 0.3) is 0 Å². The Morgan fingerprint density at radius 3 is 2.17 bits per heavy atom. The van der Waals surface area contributed by atoms with E-state index in [2.05, 4.69) is 9.97 Å². The highest BCUT2D eigenvalue weighted by atomic mass is 16.2. The first-order valence-corrected chi connectivity index (χ1v) is 4.95. The summed E-state index contributed by atoms with van der Waals surface area (Å²) in [7, 11) is 3.19. The van der Waals surface area contributed by atoms with E-state index in [1.165, 1.54) is 21.4 Å². The topological polar surface area (TPSA) is 116 Å². The molecule has 2 rings (SSSR count). The van der Waals surface area contributed by atoms with Crippen LogP contribution < -0.4 is 22.7 Å². The minimum absolute atomic E-state index is 0.262. The SMILES string of the molecule is Cn1ccc(=O)[nH]c1=O.Cn1ccc(N)nc1=O. The van der Waals surface area contributed by atoms with Crippen LogP contribution in [0.4, 0.5) is 5.82 Å². The molecule has 0 atom stereocenters. The van der Waals surface area contributed by atoms with Crippen LogP contribution >= 0.6 is 0 Å². The van der Waals surface area contributed by atoms with Gasteiger partial charge in [0, 0.05) is 32.6 Å². The van der Waals surface area contributed by atoms with Gasteiger partial charge < -0.3 is 14.9 Å². The number of hydrogen-bond donors (Lipinski definition) is 2. The van der Waals surface area contributed by atoms with Crippen molar-refractivity contribution >= 4 is 5.82 Å². The lowest BCUT2D eigenvalue weighted by Gasteiger charge is -1.92. The summed E-state index contributed by atoms with van der Waals surface area (Å²) in [6.07, 6.45) is 2.99. The summed E-state index contributed by atoms with van der Waals surface area (Å²) in [5.41, 5.74) is 4.13. The van der Waals surface area contributed by atoms with Crippen molar-refractivity contribution in [2.24, 2.45) is 14.1 Å². The Kier molecular flexibility index (Phi) is 4.19. The van der Waals surface area contributed by atoms with E-state index < -0.39 is 0 Å². The van der Waals surface area contributed by atoms with Gasteiger partial charge in [0.1, 0.15) is 5.82 Å². The molecule has 0 saturated heterocycles. The van der Waals surface area contributed by atoms with E-state index in [1.807, 2.05) is 0 Å². The van der Waals surface area contributed by atoms with Crippen molar-refractivity contribution < 1.29 is 0 Å². The predicted octanol–water partition coefficient (Wildman–Crippen LogP) is -1.56. The van der Waals surface area contributed by atoms with E-state index in [0.717, 1.165) is 0 Å². The van der Waals surface area contributed by atoms with Crippen LogP contribution in [0.2, 0.25) is 0 Å². The molecule has 0 aliphatic rings. The molecule has 2 heterocycles. The van der Waals surface area contributed by atoms with Gasteiger partial charge in [0.15, 0.2) is 0 Å². The number of hydrogen-bond acceptors (Lipinski definition) is 5. The summed E-state index contributed by atoms with van der Waals surface area (Å²) < 4.78 is 2.65. The highest BCUT2D eigenvalue weighted by molar-refractivity contribution is 5.23. The number of anilines is 1. The number of H-pyrrole nitrogens is 1. The average molecular weight is 251 g/mol. The number of nitrogens with zero attached hydrogens (tertiary/aromatic N) is 3. The lowest BCUT2D eigenvalue weighted by atomic mass is 10.6. The van der Waals surface area contributed by atoms with Gasteiger partial charge in [-0.2, -0.15) is 4.98 Å². The first-order chi connectivity index (χ1) is 8.40. The summed E-state index contributed by atoms with van der Waals surface area (Å²) >= 11 is 0. The van der Waals surface area contributed by atoms with Crippen molar-refractivity contribution in [3.05, 3.63) is 55.8 Å². The van der Waals surface area contributed by atoms with Crippen molar-refractivity contribution in [3.8, 4) is 0 Å². The van der Waals surface area contributed by atoms with Crippen LogP contribution in [-0.2, 0) is 14.1 Å². The molecule has 0 unspecified atom stereocenters.